The highest BCUT2D eigenvalue weighted by Gasteiger charge is 2.24. The van der Waals surface area contributed by atoms with Gasteiger partial charge in [-0.15, -0.1) is 0 Å². The number of nitrogen functional groups attached to an aromatic ring is 2. The third-order valence-electron chi connectivity index (χ3n) is 3.43. The number of nitriles is 1. The van der Waals surface area contributed by atoms with Crippen LogP contribution in [0, 0.1) is 11.3 Å². The van der Waals surface area contributed by atoms with Gasteiger partial charge in [0.05, 0.1) is 23.2 Å². The third kappa shape index (κ3) is 1.74. The highest BCUT2D eigenvalue weighted by molar-refractivity contribution is 6.14. The molecule has 22 heavy (non-hydrogen) atoms. The summed E-state index contributed by atoms with van der Waals surface area (Å²) in [5, 5.41) is 9.71. The SMILES string of the molecule is CCOC(=O)c1c2nc(N)c(C#N)c(N)c2c2ccccn12. The van der Waals surface area contributed by atoms with Gasteiger partial charge in [0.25, 0.3) is 0 Å². The summed E-state index contributed by atoms with van der Waals surface area (Å²) in [5.41, 5.74) is 13.4. The van der Waals surface area contributed by atoms with Crippen molar-refractivity contribution in [3.63, 3.8) is 0 Å². The van der Waals surface area contributed by atoms with Gasteiger partial charge in [0.15, 0.2) is 5.69 Å². The van der Waals surface area contributed by atoms with Gasteiger partial charge in [0.1, 0.15) is 23.0 Å². The van der Waals surface area contributed by atoms with E-state index in [1.807, 2.05) is 12.1 Å². The Hall–Kier alpha value is -3.27. The Kier molecular flexibility index (Phi) is 3.07. The van der Waals surface area contributed by atoms with Crippen LogP contribution in [0.1, 0.15) is 23.0 Å². The number of fused-ring (bicyclic) bond motifs is 3. The lowest BCUT2D eigenvalue weighted by Gasteiger charge is -2.04. The predicted molar refractivity (Wildman–Crippen MR) is 82.2 cm³/mol. The standard InChI is InChI=1S/C15H13N5O2/c1-2-22-15(21)13-12-10(9-5-3-4-6-20(9)13)11(17)8(7-16)14(18)19-12/h3-6H,2,17H2,1H3,(H2,18,19). The molecule has 110 valence electrons. The van der Waals surface area contributed by atoms with Crippen molar-refractivity contribution in [2.45, 2.75) is 6.92 Å². The van der Waals surface area contributed by atoms with Crippen molar-refractivity contribution in [3.8, 4) is 6.07 Å². The number of hydrogen-bond donors (Lipinski definition) is 2. The van der Waals surface area contributed by atoms with Crippen LogP contribution in [-0.2, 0) is 4.74 Å². The number of carbonyl (C=O) groups is 1. The normalized spacial score (nSPS) is 10.7. The van der Waals surface area contributed by atoms with E-state index in [1.54, 1.807) is 29.7 Å². The molecule has 0 saturated heterocycles. The topological polar surface area (TPSA) is 119 Å². The van der Waals surface area contributed by atoms with Gasteiger partial charge in [-0.2, -0.15) is 5.26 Å². The number of carbonyl (C=O) groups excluding carboxylic acids is 1. The molecule has 0 aliphatic rings. The van der Waals surface area contributed by atoms with E-state index in [-0.39, 0.29) is 29.4 Å². The van der Waals surface area contributed by atoms with Crippen molar-refractivity contribution >= 4 is 33.9 Å². The molecule has 0 fully saturated rings. The molecule has 0 amide bonds. The summed E-state index contributed by atoms with van der Waals surface area (Å²) in [6.45, 7) is 1.96. The number of anilines is 2. The monoisotopic (exact) mass is 295 g/mol. The van der Waals surface area contributed by atoms with Gasteiger partial charge in [0, 0.05) is 6.20 Å². The van der Waals surface area contributed by atoms with Crippen LogP contribution in [0.2, 0.25) is 0 Å². The molecule has 3 rings (SSSR count). The fraction of sp³-hybridized carbons (Fsp3) is 0.133. The number of nitrogens with zero attached hydrogens (tertiary/aromatic N) is 3. The van der Waals surface area contributed by atoms with E-state index in [4.69, 9.17) is 16.2 Å². The lowest BCUT2D eigenvalue weighted by atomic mass is 10.1. The van der Waals surface area contributed by atoms with Crippen molar-refractivity contribution in [2.75, 3.05) is 18.1 Å². The van der Waals surface area contributed by atoms with E-state index in [2.05, 4.69) is 4.98 Å². The van der Waals surface area contributed by atoms with Crippen molar-refractivity contribution < 1.29 is 9.53 Å². The first-order valence-electron chi connectivity index (χ1n) is 6.65. The zero-order valence-corrected chi connectivity index (χ0v) is 11.8. The number of nitrogens with two attached hydrogens (primary N) is 2. The molecular weight excluding hydrogens is 282 g/mol. The largest absolute Gasteiger partial charge is 0.461 e. The number of esters is 1. The first kappa shape index (κ1) is 13.7. The average molecular weight is 295 g/mol. The minimum Gasteiger partial charge on any atom is -0.461 e. The van der Waals surface area contributed by atoms with E-state index < -0.39 is 5.97 Å². The summed E-state index contributed by atoms with van der Waals surface area (Å²) in [5.74, 6) is -0.524. The van der Waals surface area contributed by atoms with Crippen LogP contribution < -0.4 is 11.5 Å². The van der Waals surface area contributed by atoms with Crippen LogP contribution in [0.25, 0.3) is 16.4 Å². The molecule has 0 saturated carbocycles. The second kappa shape index (κ2) is 4.93. The van der Waals surface area contributed by atoms with Crippen molar-refractivity contribution in [1.82, 2.24) is 9.38 Å². The van der Waals surface area contributed by atoms with Crippen LogP contribution in [-0.4, -0.2) is 22.0 Å². The lowest BCUT2D eigenvalue weighted by Crippen LogP contribution is -2.09. The second-order valence-electron chi connectivity index (χ2n) is 4.65. The quantitative estimate of drug-likeness (QED) is 0.694. The Morgan fingerprint density at radius 3 is 2.91 bits per heavy atom. The van der Waals surface area contributed by atoms with Gasteiger partial charge in [-0.1, -0.05) is 6.07 Å². The Balaban J connectivity index is 2.53. The molecule has 0 unspecified atom stereocenters. The Morgan fingerprint density at radius 2 is 2.23 bits per heavy atom. The maximum absolute atomic E-state index is 12.3. The first-order chi connectivity index (χ1) is 10.6. The molecule has 7 nitrogen and oxygen atoms in total. The summed E-state index contributed by atoms with van der Waals surface area (Å²) >= 11 is 0. The molecule has 3 aromatic rings. The molecule has 0 radical (unpaired) electrons. The highest BCUT2D eigenvalue weighted by Crippen LogP contribution is 2.34. The maximum Gasteiger partial charge on any atom is 0.357 e. The third-order valence-corrected chi connectivity index (χ3v) is 3.43. The molecular formula is C15H13N5O2. The zero-order chi connectivity index (χ0) is 15.9. The lowest BCUT2D eigenvalue weighted by molar-refractivity contribution is 0.0520. The van der Waals surface area contributed by atoms with Crippen LogP contribution in [0.4, 0.5) is 11.5 Å². The average Bonchev–Trinajstić information content (AvgIpc) is 2.81. The van der Waals surface area contributed by atoms with Crippen LogP contribution >= 0.6 is 0 Å². The summed E-state index contributed by atoms with van der Waals surface area (Å²) in [7, 11) is 0. The van der Waals surface area contributed by atoms with Crippen molar-refractivity contribution in [1.29, 1.82) is 5.26 Å². The summed E-state index contributed by atoms with van der Waals surface area (Å²) in [6.07, 6.45) is 1.71. The number of aromatic nitrogens is 2. The second-order valence-corrected chi connectivity index (χ2v) is 4.65. The van der Waals surface area contributed by atoms with E-state index in [0.717, 1.165) is 0 Å². The van der Waals surface area contributed by atoms with Gasteiger partial charge in [-0.25, -0.2) is 9.78 Å². The summed E-state index contributed by atoms with van der Waals surface area (Å²) in [4.78, 5) is 16.5. The fourth-order valence-corrected chi connectivity index (χ4v) is 2.52. The molecule has 0 atom stereocenters. The predicted octanol–water partition coefficient (Wildman–Crippen LogP) is 1.70. The van der Waals surface area contributed by atoms with Gasteiger partial charge >= 0.3 is 5.97 Å². The summed E-state index contributed by atoms with van der Waals surface area (Å²) < 4.78 is 6.74. The van der Waals surface area contributed by atoms with Crippen LogP contribution in [0.3, 0.4) is 0 Å². The molecule has 0 bridgehead atoms. The number of rotatable bonds is 2. The number of pyridine rings is 2. The van der Waals surface area contributed by atoms with Gasteiger partial charge in [-0.05, 0) is 19.1 Å². The van der Waals surface area contributed by atoms with Crippen LogP contribution in [0.15, 0.2) is 24.4 Å². The highest BCUT2D eigenvalue weighted by atomic mass is 16.5. The minimum absolute atomic E-state index is 0.00560. The van der Waals surface area contributed by atoms with Gasteiger partial charge in [0.2, 0.25) is 0 Å². The van der Waals surface area contributed by atoms with E-state index in [0.29, 0.717) is 16.4 Å². The molecule has 3 aromatic heterocycles. The Morgan fingerprint density at radius 1 is 1.45 bits per heavy atom. The minimum atomic E-state index is -0.519. The molecule has 3 heterocycles. The zero-order valence-electron chi connectivity index (χ0n) is 11.8. The number of ether oxygens (including phenoxy) is 1. The van der Waals surface area contributed by atoms with Crippen molar-refractivity contribution in [2.24, 2.45) is 0 Å². The molecule has 0 spiro atoms. The fourth-order valence-electron chi connectivity index (χ4n) is 2.52. The Labute approximate surface area is 125 Å². The smallest absolute Gasteiger partial charge is 0.357 e. The van der Waals surface area contributed by atoms with E-state index in [9.17, 15) is 10.1 Å². The maximum atomic E-state index is 12.3. The number of hydrogen-bond acceptors (Lipinski definition) is 6. The summed E-state index contributed by atoms with van der Waals surface area (Å²) in [6, 6.07) is 7.33. The van der Waals surface area contributed by atoms with Crippen LogP contribution in [0.5, 0.6) is 0 Å². The van der Waals surface area contributed by atoms with Crippen molar-refractivity contribution in [3.05, 3.63) is 35.7 Å². The molecule has 0 aliphatic carbocycles. The molecule has 4 N–H and O–H groups in total. The molecule has 0 aliphatic heterocycles. The van der Waals surface area contributed by atoms with E-state index in [1.165, 1.54) is 0 Å². The molecule has 0 aromatic carbocycles. The molecule has 7 heteroatoms. The first-order valence-corrected chi connectivity index (χ1v) is 6.65. The van der Waals surface area contributed by atoms with Gasteiger partial charge in [-0.3, -0.25) is 0 Å². The van der Waals surface area contributed by atoms with Gasteiger partial charge < -0.3 is 20.6 Å². The van der Waals surface area contributed by atoms with E-state index >= 15 is 0 Å². The Bertz CT molecular complexity index is 952.